The van der Waals surface area contributed by atoms with Gasteiger partial charge in [0.05, 0.1) is 0 Å². The molecule has 84 valence electrons. The van der Waals surface area contributed by atoms with Crippen molar-refractivity contribution in [3.8, 4) is 0 Å². The van der Waals surface area contributed by atoms with Gasteiger partial charge in [0.25, 0.3) is 0 Å². The van der Waals surface area contributed by atoms with Crippen LogP contribution in [0.1, 0.15) is 11.5 Å². The van der Waals surface area contributed by atoms with E-state index in [1.54, 1.807) is 24.3 Å². The highest BCUT2D eigenvalue weighted by atomic mass is 35.5. The number of amides is 1. The van der Waals surface area contributed by atoms with Gasteiger partial charge in [0.15, 0.2) is 0 Å². The van der Waals surface area contributed by atoms with Crippen LogP contribution in [0.3, 0.4) is 0 Å². The molecule has 2 N–H and O–H groups in total. The van der Waals surface area contributed by atoms with E-state index in [1.165, 1.54) is 0 Å². The standard InChI is InChI=1S/C11H10ClNO3/c12-7-3-1-6(2-4-7)8-5-13-10(14)9(8)11(15)16/h1-4,8-9H,5H2,(H,13,14)(H,15,16). The minimum atomic E-state index is -1.09. The van der Waals surface area contributed by atoms with Crippen LogP contribution in [0.5, 0.6) is 0 Å². The fraction of sp³-hybridized carbons (Fsp3) is 0.273. The molecule has 1 aliphatic heterocycles. The lowest BCUT2D eigenvalue weighted by Crippen LogP contribution is -2.26. The van der Waals surface area contributed by atoms with Crippen molar-refractivity contribution in [2.45, 2.75) is 5.92 Å². The van der Waals surface area contributed by atoms with Crippen LogP contribution in [0.25, 0.3) is 0 Å². The van der Waals surface area contributed by atoms with Gasteiger partial charge in [0.1, 0.15) is 5.92 Å². The van der Waals surface area contributed by atoms with E-state index < -0.39 is 17.8 Å². The number of carboxylic acids is 1. The second-order valence-electron chi connectivity index (χ2n) is 3.72. The second-order valence-corrected chi connectivity index (χ2v) is 4.16. The number of rotatable bonds is 2. The summed E-state index contributed by atoms with van der Waals surface area (Å²) in [5, 5.41) is 12.1. The number of carbonyl (C=O) groups is 2. The maximum absolute atomic E-state index is 11.3. The molecule has 2 rings (SSSR count). The highest BCUT2D eigenvalue weighted by Gasteiger charge is 2.40. The second kappa shape index (κ2) is 4.14. The van der Waals surface area contributed by atoms with Crippen LogP contribution < -0.4 is 5.32 Å². The predicted octanol–water partition coefficient (Wildman–Crippen LogP) is 1.25. The van der Waals surface area contributed by atoms with E-state index in [2.05, 4.69) is 5.32 Å². The number of aliphatic carboxylic acids is 1. The summed E-state index contributed by atoms with van der Waals surface area (Å²) in [6.45, 7) is 0.359. The first kappa shape index (κ1) is 11.0. The lowest BCUT2D eigenvalue weighted by molar-refractivity contribution is -0.145. The molecule has 0 saturated carbocycles. The molecule has 0 bridgehead atoms. The molecule has 0 aromatic heterocycles. The third kappa shape index (κ3) is 1.88. The number of hydrogen-bond donors (Lipinski definition) is 2. The number of carbonyl (C=O) groups excluding carboxylic acids is 1. The van der Waals surface area contributed by atoms with Crippen LogP contribution in [-0.2, 0) is 9.59 Å². The zero-order valence-electron chi connectivity index (χ0n) is 8.31. The van der Waals surface area contributed by atoms with Crippen molar-refractivity contribution in [2.24, 2.45) is 5.92 Å². The molecule has 1 aromatic carbocycles. The zero-order valence-corrected chi connectivity index (χ0v) is 9.07. The highest BCUT2D eigenvalue weighted by Crippen LogP contribution is 2.29. The Hall–Kier alpha value is -1.55. The Balaban J connectivity index is 2.30. The number of hydrogen-bond acceptors (Lipinski definition) is 2. The summed E-state index contributed by atoms with van der Waals surface area (Å²) in [4.78, 5) is 22.3. The Morgan fingerprint density at radius 3 is 2.56 bits per heavy atom. The van der Waals surface area contributed by atoms with Gasteiger partial charge in [-0.05, 0) is 17.7 Å². The van der Waals surface area contributed by atoms with Gasteiger partial charge in [0, 0.05) is 17.5 Å². The summed E-state index contributed by atoms with van der Waals surface area (Å²) in [5.74, 6) is -2.83. The van der Waals surface area contributed by atoms with E-state index in [1.807, 2.05) is 0 Å². The largest absolute Gasteiger partial charge is 0.481 e. The van der Waals surface area contributed by atoms with Crippen LogP contribution >= 0.6 is 11.6 Å². The first-order valence-electron chi connectivity index (χ1n) is 4.85. The SMILES string of the molecule is O=C(O)C1C(=O)NCC1c1ccc(Cl)cc1. The van der Waals surface area contributed by atoms with Gasteiger partial charge in [-0.15, -0.1) is 0 Å². The molecule has 4 nitrogen and oxygen atoms in total. The monoisotopic (exact) mass is 239 g/mol. The van der Waals surface area contributed by atoms with Crippen molar-refractivity contribution in [3.05, 3.63) is 34.9 Å². The van der Waals surface area contributed by atoms with Crippen molar-refractivity contribution in [1.29, 1.82) is 0 Å². The summed E-state index contributed by atoms with van der Waals surface area (Å²) in [7, 11) is 0. The number of benzene rings is 1. The molecule has 1 aliphatic rings. The van der Waals surface area contributed by atoms with Gasteiger partial charge in [-0.3, -0.25) is 9.59 Å². The zero-order chi connectivity index (χ0) is 11.7. The number of nitrogens with one attached hydrogen (secondary N) is 1. The Kier molecular flexibility index (Phi) is 2.83. The molecular weight excluding hydrogens is 230 g/mol. The summed E-state index contributed by atoms with van der Waals surface area (Å²) in [6, 6.07) is 6.89. The first-order valence-corrected chi connectivity index (χ1v) is 5.23. The molecule has 2 atom stereocenters. The molecular formula is C11H10ClNO3. The topological polar surface area (TPSA) is 66.4 Å². The molecule has 0 aliphatic carbocycles. The van der Waals surface area contributed by atoms with E-state index >= 15 is 0 Å². The van der Waals surface area contributed by atoms with Crippen LogP contribution in [0.2, 0.25) is 5.02 Å². The van der Waals surface area contributed by atoms with Gasteiger partial charge >= 0.3 is 5.97 Å². The number of carboxylic acid groups (broad SMARTS) is 1. The minimum Gasteiger partial charge on any atom is -0.481 e. The van der Waals surface area contributed by atoms with Crippen molar-refractivity contribution in [3.63, 3.8) is 0 Å². The molecule has 1 saturated heterocycles. The third-order valence-corrected chi connectivity index (χ3v) is 3.00. The Bertz CT molecular complexity index is 429. The Morgan fingerprint density at radius 1 is 1.38 bits per heavy atom. The molecule has 2 unspecified atom stereocenters. The van der Waals surface area contributed by atoms with Gasteiger partial charge in [-0.1, -0.05) is 23.7 Å². The molecule has 1 heterocycles. The van der Waals surface area contributed by atoms with Gasteiger partial charge in [0.2, 0.25) is 5.91 Å². The fourth-order valence-corrected chi connectivity index (χ4v) is 2.05. The average molecular weight is 240 g/mol. The molecule has 1 aromatic rings. The van der Waals surface area contributed by atoms with Crippen LogP contribution in [0, 0.1) is 5.92 Å². The van der Waals surface area contributed by atoms with E-state index in [-0.39, 0.29) is 5.92 Å². The van der Waals surface area contributed by atoms with E-state index in [0.717, 1.165) is 5.56 Å². The number of halogens is 1. The Labute approximate surface area is 97.2 Å². The van der Waals surface area contributed by atoms with Crippen molar-refractivity contribution >= 4 is 23.5 Å². The fourth-order valence-electron chi connectivity index (χ4n) is 1.93. The van der Waals surface area contributed by atoms with E-state index in [9.17, 15) is 9.59 Å². The maximum Gasteiger partial charge on any atom is 0.316 e. The lowest BCUT2D eigenvalue weighted by atomic mass is 9.89. The smallest absolute Gasteiger partial charge is 0.316 e. The van der Waals surface area contributed by atoms with Gasteiger partial charge in [-0.25, -0.2) is 0 Å². The highest BCUT2D eigenvalue weighted by molar-refractivity contribution is 6.30. The lowest BCUT2D eigenvalue weighted by Gasteiger charge is -2.13. The van der Waals surface area contributed by atoms with Crippen molar-refractivity contribution in [1.82, 2.24) is 5.32 Å². The molecule has 16 heavy (non-hydrogen) atoms. The van der Waals surface area contributed by atoms with E-state index in [4.69, 9.17) is 16.7 Å². The molecule has 1 amide bonds. The summed E-state index contributed by atoms with van der Waals surface area (Å²) in [6.07, 6.45) is 0. The van der Waals surface area contributed by atoms with Crippen molar-refractivity contribution < 1.29 is 14.7 Å². The average Bonchev–Trinajstić information content (AvgIpc) is 2.61. The predicted molar refractivity (Wildman–Crippen MR) is 58.3 cm³/mol. The quantitative estimate of drug-likeness (QED) is 0.764. The minimum absolute atomic E-state index is 0.317. The molecule has 0 spiro atoms. The molecule has 0 radical (unpaired) electrons. The Morgan fingerprint density at radius 2 is 2.00 bits per heavy atom. The first-order chi connectivity index (χ1) is 7.59. The third-order valence-electron chi connectivity index (χ3n) is 2.75. The summed E-state index contributed by atoms with van der Waals surface area (Å²) < 4.78 is 0. The maximum atomic E-state index is 11.3. The molecule has 5 heteroatoms. The summed E-state index contributed by atoms with van der Waals surface area (Å²) in [5.41, 5.74) is 0.815. The normalized spacial score (nSPS) is 24.2. The van der Waals surface area contributed by atoms with Crippen LogP contribution in [0.4, 0.5) is 0 Å². The van der Waals surface area contributed by atoms with Crippen LogP contribution in [-0.4, -0.2) is 23.5 Å². The molecule has 1 fully saturated rings. The summed E-state index contributed by atoms with van der Waals surface area (Å²) >= 11 is 5.75. The van der Waals surface area contributed by atoms with Gasteiger partial charge in [-0.2, -0.15) is 0 Å². The van der Waals surface area contributed by atoms with E-state index in [0.29, 0.717) is 11.6 Å². The van der Waals surface area contributed by atoms with Crippen molar-refractivity contribution in [2.75, 3.05) is 6.54 Å². The van der Waals surface area contributed by atoms with Crippen LogP contribution in [0.15, 0.2) is 24.3 Å². The van der Waals surface area contributed by atoms with Gasteiger partial charge < -0.3 is 10.4 Å².